The van der Waals surface area contributed by atoms with Gasteiger partial charge in [0.15, 0.2) is 0 Å². The molecule has 1 aromatic rings. The third-order valence-electron chi connectivity index (χ3n) is 4.63. The Morgan fingerprint density at radius 1 is 1.21 bits per heavy atom. The van der Waals surface area contributed by atoms with Crippen LogP contribution in [0.2, 0.25) is 0 Å². The van der Waals surface area contributed by atoms with Crippen LogP contribution < -0.4 is 14.8 Å². The number of ether oxygens (including phenoxy) is 3. The minimum atomic E-state index is -3.60. The Balaban J connectivity index is 2.06. The zero-order chi connectivity index (χ0) is 20.7. The van der Waals surface area contributed by atoms with Gasteiger partial charge in [-0.1, -0.05) is 0 Å². The molecule has 1 aliphatic heterocycles. The maximum Gasteiger partial charge on any atom is 0.281 e. The molecule has 0 saturated carbocycles. The number of rotatable bonds is 9. The summed E-state index contributed by atoms with van der Waals surface area (Å²) in [6, 6.07) is 4.76. The molecular formula is C18H29N3O6S. The van der Waals surface area contributed by atoms with Crippen LogP contribution in [0.5, 0.6) is 11.5 Å². The third-order valence-corrected chi connectivity index (χ3v) is 6.62. The van der Waals surface area contributed by atoms with E-state index in [-0.39, 0.29) is 25.0 Å². The van der Waals surface area contributed by atoms with E-state index in [1.54, 1.807) is 18.2 Å². The number of hydrogen-bond acceptors (Lipinski definition) is 6. The summed E-state index contributed by atoms with van der Waals surface area (Å²) < 4.78 is 43.8. The van der Waals surface area contributed by atoms with Gasteiger partial charge in [0.05, 0.1) is 19.8 Å². The Hall–Kier alpha value is -1.88. The minimum Gasteiger partial charge on any atom is -0.497 e. The van der Waals surface area contributed by atoms with Gasteiger partial charge in [0, 0.05) is 52.5 Å². The summed E-state index contributed by atoms with van der Waals surface area (Å²) in [5.41, 5.74) is 0.358. The number of nitrogens with zero attached hydrogens (tertiary/aromatic N) is 2. The van der Waals surface area contributed by atoms with Gasteiger partial charge in [-0.25, -0.2) is 0 Å². The zero-order valence-corrected chi connectivity index (χ0v) is 17.6. The molecule has 0 atom stereocenters. The highest BCUT2D eigenvalue weighted by Crippen LogP contribution is 2.24. The quantitative estimate of drug-likeness (QED) is 0.638. The number of nitrogens with one attached hydrogen (secondary N) is 1. The fourth-order valence-corrected chi connectivity index (χ4v) is 4.36. The van der Waals surface area contributed by atoms with Gasteiger partial charge in [0.25, 0.3) is 16.1 Å². The molecule has 1 N–H and O–H groups in total. The second-order valence-electron chi connectivity index (χ2n) is 6.57. The molecule has 1 heterocycles. The van der Waals surface area contributed by atoms with Crippen LogP contribution in [0.1, 0.15) is 23.2 Å². The Morgan fingerprint density at radius 3 is 2.46 bits per heavy atom. The van der Waals surface area contributed by atoms with E-state index in [9.17, 15) is 13.2 Å². The van der Waals surface area contributed by atoms with Crippen molar-refractivity contribution < 1.29 is 27.4 Å². The van der Waals surface area contributed by atoms with Crippen molar-refractivity contribution in [2.75, 3.05) is 54.6 Å². The van der Waals surface area contributed by atoms with E-state index in [4.69, 9.17) is 14.2 Å². The van der Waals surface area contributed by atoms with Crippen LogP contribution in [0.15, 0.2) is 18.2 Å². The molecule has 0 aliphatic carbocycles. The molecular weight excluding hydrogens is 386 g/mol. The fourth-order valence-electron chi connectivity index (χ4n) is 3.03. The third kappa shape index (κ3) is 5.34. The van der Waals surface area contributed by atoms with Crippen molar-refractivity contribution in [2.45, 2.75) is 18.9 Å². The Kier molecular flexibility index (Phi) is 8.05. The molecule has 0 spiro atoms. The van der Waals surface area contributed by atoms with Gasteiger partial charge in [-0.05, 0) is 25.0 Å². The number of benzene rings is 1. The summed E-state index contributed by atoms with van der Waals surface area (Å²) in [5, 5.41) is 2.78. The molecule has 28 heavy (non-hydrogen) atoms. The molecule has 1 aliphatic rings. The van der Waals surface area contributed by atoms with Crippen LogP contribution >= 0.6 is 0 Å². The van der Waals surface area contributed by atoms with Crippen LogP contribution in [0, 0.1) is 0 Å². The van der Waals surface area contributed by atoms with Gasteiger partial charge in [-0.15, -0.1) is 0 Å². The molecule has 9 nitrogen and oxygen atoms in total. The molecule has 1 aromatic carbocycles. The van der Waals surface area contributed by atoms with Crippen LogP contribution in [-0.4, -0.2) is 83.6 Å². The van der Waals surface area contributed by atoms with Gasteiger partial charge in [0.1, 0.15) is 11.5 Å². The first-order chi connectivity index (χ1) is 13.3. The van der Waals surface area contributed by atoms with Gasteiger partial charge in [-0.3, -0.25) is 4.79 Å². The molecule has 1 amide bonds. The molecule has 1 fully saturated rings. The first kappa shape index (κ1) is 22.4. The van der Waals surface area contributed by atoms with E-state index in [0.29, 0.717) is 43.1 Å². The summed E-state index contributed by atoms with van der Waals surface area (Å²) in [5.74, 6) is 0.629. The van der Waals surface area contributed by atoms with Crippen molar-refractivity contribution in [1.29, 1.82) is 0 Å². The molecule has 0 unspecified atom stereocenters. The van der Waals surface area contributed by atoms with Gasteiger partial charge < -0.3 is 19.5 Å². The maximum absolute atomic E-state index is 12.7. The van der Waals surface area contributed by atoms with E-state index < -0.39 is 10.2 Å². The predicted octanol–water partition coefficient (Wildman–Crippen LogP) is 0.721. The SMILES string of the molecule is COc1ccc(C(=O)NCCN(C2CCOCC2)S(=O)(=O)N(C)C)c(OC)c1. The second kappa shape index (κ2) is 10.1. The minimum absolute atomic E-state index is 0.145. The lowest BCUT2D eigenvalue weighted by molar-refractivity contribution is 0.0571. The second-order valence-corrected chi connectivity index (χ2v) is 8.66. The first-order valence-corrected chi connectivity index (χ1v) is 10.5. The lowest BCUT2D eigenvalue weighted by Gasteiger charge is -2.34. The summed E-state index contributed by atoms with van der Waals surface area (Å²) in [4.78, 5) is 12.5. The summed E-state index contributed by atoms with van der Waals surface area (Å²) in [6.07, 6.45) is 1.26. The average Bonchev–Trinajstić information content (AvgIpc) is 2.70. The van der Waals surface area contributed by atoms with Crippen LogP contribution in [0.4, 0.5) is 0 Å². The van der Waals surface area contributed by atoms with Crippen molar-refractivity contribution in [3.63, 3.8) is 0 Å². The monoisotopic (exact) mass is 415 g/mol. The summed E-state index contributed by atoms with van der Waals surface area (Å²) in [6.45, 7) is 1.41. The molecule has 1 saturated heterocycles. The van der Waals surface area contributed by atoms with Crippen molar-refractivity contribution in [1.82, 2.24) is 13.9 Å². The predicted molar refractivity (Wildman–Crippen MR) is 105 cm³/mol. The smallest absolute Gasteiger partial charge is 0.281 e. The molecule has 0 aromatic heterocycles. The molecule has 158 valence electrons. The summed E-state index contributed by atoms with van der Waals surface area (Å²) in [7, 11) is 2.41. The van der Waals surface area contributed by atoms with Crippen LogP contribution in [-0.2, 0) is 14.9 Å². The molecule has 10 heteroatoms. The van der Waals surface area contributed by atoms with E-state index in [1.165, 1.54) is 36.9 Å². The van der Waals surface area contributed by atoms with Crippen molar-refractivity contribution >= 4 is 16.1 Å². The highest BCUT2D eigenvalue weighted by Gasteiger charge is 2.32. The van der Waals surface area contributed by atoms with Gasteiger partial charge in [0.2, 0.25) is 0 Å². The summed E-state index contributed by atoms with van der Waals surface area (Å²) >= 11 is 0. The van der Waals surface area contributed by atoms with Crippen LogP contribution in [0.25, 0.3) is 0 Å². The topological polar surface area (TPSA) is 97.4 Å². The van der Waals surface area contributed by atoms with Gasteiger partial charge >= 0.3 is 0 Å². The Morgan fingerprint density at radius 2 is 1.89 bits per heavy atom. The fraction of sp³-hybridized carbons (Fsp3) is 0.611. The van der Waals surface area contributed by atoms with E-state index >= 15 is 0 Å². The Bertz CT molecular complexity index is 763. The average molecular weight is 416 g/mol. The molecule has 2 rings (SSSR count). The normalized spacial score (nSPS) is 15.6. The number of amides is 1. The van der Waals surface area contributed by atoms with Crippen molar-refractivity contribution in [3.05, 3.63) is 23.8 Å². The molecule has 0 radical (unpaired) electrons. The van der Waals surface area contributed by atoms with E-state index in [2.05, 4.69) is 5.32 Å². The van der Waals surface area contributed by atoms with E-state index in [0.717, 1.165) is 0 Å². The number of hydrogen-bond donors (Lipinski definition) is 1. The van der Waals surface area contributed by atoms with Crippen molar-refractivity contribution in [3.8, 4) is 11.5 Å². The largest absolute Gasteiger partial charge is 0.497 e. The van der Waals surface area contributed by atoms with E-state index in [1.807, 2.05) is 0 Å². The van der Waals surface area contributed by atoms with Gasteiger partial charge in [-0.2, -0.15) is 17.0 Å². The maximum atomic E-state index is 12.7. The number of methoxy groups -OCH3 is 2. The number of carbonyl (C=O) groups excluding carboxylic acids is 1. The number of carbonyl (C=O) groups is 1. The molecule has 0 bridgehead atoms. The van der Waals surface area contributed by atoms with Crippen LogP contribution in [0.3, 0.4) is 0 Å². The zero-order valence-electron chi connectivity index (χ0n) is 16.8. The lowest BCUT2D eigenvalue weighted by Crippen LogP contribution is -2.50. The van der Waals surface area contributed by atoms with Crippen molar-refractivity contribution in [2.24, 2.45) is 0 Å². The standard InChI is InChI=1S/C18H29N3O6S/c1-20(2)28(23,24)21(14-7-11-27-12-8-14)10-9-19-18(22)16-6-5-15(25-3)13-17(16)26-4/h5-6,13-14H,7-12H2,1-4H3,(H,19,22). The highest BCUT2D eigenvalue weighted by molar-refractivity contribution is 7.86. The lowest BCUT2D eigenvalue weighted by atomic mass is 10.1. The first-order valence-electron chi connectivity index (χ1n) is 9.08. The highest BCUT2D eigenvalue weighted by atomic mass is 32.2. The Labute approximate surface area is 166 Å².